The van der Waals surface area contributed by atoms with E-state index in [4.69, 9.17) is 4.74 Å². The van der Waals surface area contributed by atoms with E-state index in [2.05, 4.69) is 29.1 Å². The Labute approximate surface area is 168 Å². The lowest BCUT2D eigenvalue weighted by Crippen LogP contribution is -2.47. The molecule has 0 N–H and O–H groups in total. The van der Waals surface area contributed by atoms with Crippen LogP contribution in [0, 0.1) is 0 Å². The summed E-state index contributed by atoms with van der Waals surface area (Å²) in [6, 6.07) is 17.4. The SMILES string of the molecule is C=CCN(CC=C)[C@H]1C(=O)OC(c2ccc(Br)cc2)=C[C@@H]1c1ccccc1. The first-order valence-electron chi connectivity index (χ1n) is 8.84. The topological polar surface area (TPSA) is 29.5 Å². The van der Waals surface area contributed by atoms with Gasteiger partial charge in [-0.2, -0.15) is 0 Å². The lowest BCUT2D eigenvalue weighted by Gasteiger charge is -2.36. The number of halogens is 1. The van der Waals surface area contributed by atoms with Crippen LogP contribution in [0.5, 0.6) is 0 Å². The number of nitrogens with zero attached hydrogens (tertiary/aromatic N) is 1. The molecule has 0 bridgehead atoms. The lowest BCUT2D eigenvalue weighted by molar-refractivity contribution is -0.144. The fourth-order valence-electron chi connectivity index (χ4n) is 3.34. The van der Waals surface area contributed by atoms with Crippen LogP contribution in [-0.4, -0.2) is 30.0 Å². The summed E-state index contributed by atoms with van der Waals surface area (Å²) >= 11 is 3.44. The summed E-state index contributed by atoms with van der Waals surface area (Å²) in [7, 11) is 0. The Morgan fingerprint density at radius 2 is 1.63 bits per heavy atom. The van der Waals surface area contributed by atoms with Crippen molar-refractivity contribution in [3.63, 3.8) is 0 Å². The number of ether oxygens (including phenoxy) is 1. The zero-order valence-electron chi connectivity index (χ0n) is 15.1. The van der Waals surface area contributed by atoms with E-state index in [1.54, 1.807) is 12.2 Å². The Bertz CT molecular complexity index is 832. The highest BCUT2D eigenvalue weighted by molar-refractivity contribution is 9.10. The zero-order chi connectivity index (χ0) is 19.2. The molecular weight excluding hydrogens is 402 g/mol. The molecule has 0 saturated heterocycles. The average molecular weight is 424 g/mol. The molecule has 138 valence electrons. The van der Waals surface area contributed by atoms with Crippen molar-refractivity contribution in [3.8, 4) is 0 Å². The molecule has 1 heterocycles. The molecule has 1 aliphatic heterocycles. The van der Waals surface area contributed by atoms with Gasteiger partial charge in [0.15, 0.2) is 0 Å². The fraction of sp³-hybridized carbons (Fsp3) is 0.174. The van der Waals surface area contributed by atoms with E-state index in [0.717, 1.165) is 15.6 Å². The number of hydrogen-bond acceptors (Lipinski definition) is 3. The number of cyclic esters (lactones) is 1. The Kier molecular flexibility index (Phi) is 6.43. The predicted octanol–water partition coefficient (Wildman–Crippen LogP) is 5.17. The maximum atomic E-state index is 13.0. The number of carbonyl (C=O) groups excluding carboxylic acids is 1. The molecule has 1 aliphatic rings. The van der Waals surface area contributed by atoms with Gasteiger partial charge in [0.2, 0.25) is 0 Å². The van der Waals surface area contributed by atoms with Crippen molar-refractivity contribution < 1.29 is 9.53 Å². The summed E-state index contributed by atoms with van der Waals surface area (Å²) in [5, 5.41) is 0. The van der Waals surface area contributed by atoms with Crippen molar-refractivity contribution in [3.05, 3.63) is 102 Å². The van der Waals surface area contributed by atoms with Crippen LogP contribution in [0.2, 0.25) is 0 Å². The van der Waals surface area contributed by atoms with Gasteiger partial charge in [0, 0.05) is 29.0 Å². The van der Waals surface area contributed by atoms with Gasteiger partial charge in [-0.15, -0.1) is 13.2 Å². The molecular formula is C23H22BrNO2. The van der Waals surface area contributed by atoms with Gasteiger partial charge in [-0.3, -0.25) is 4.90 Å². The number of rotatable bonds is 7. The van der Waals surface area contributed by atoms with Gasteiger partial charge in [-0.05, 0) is 23.8 Å². The summed E-state index contributed by atoms with van der Waals surface area (Å²) in [6.45, 7) is 8.81. The van der Waals surface area contributed by atoms with Gasteiger partial charge in [0.05, 0.1) is 0 Å². The summed E-state index contributed by atoms with van der Waals surface area (Å²) in [5.74, 6) is 0.216. The second-order valence-corrected chi connectivity index (χ2v) is 7.29. The van der Waals surface area contributed by atoms with Crippen LogP contribution in [-0.2, 0) is 9.53 Å². The van der Waals surface area contributed by atoms with Gasteiger partial charge in [0.25, 0.3) is 0 Å². The third-order valence-electron chi connectivity index (χ3n) is 4.56. The quantitative estimate of drug-likeness (QED) is 0.454. The molecule has 0 aromatic heterocycles. The minimum Gasteiger partial charge on any atom is -0.425 e. The summed E-state index contributed by atoms with van der Waals surface area (Å²) in [5.41, 5.74) is 1.96. The highest BCUT2D eigenvalue weighted by Crippen LogP contribution is 2.35. The molecule has 0 unspecified atom stereocenters. The molecule has 2 aromatic carbocycles. The molecule has 2 atom stereocenters. The molecule has 3 rings (SSSR count). The van der Waals surface area contributed by atoms with Crippen LogP contribution >= 0.6 is 15.9 Å². The number of esters is 1. The zero-order valence-corrected chi connectivity index (χ0v) is 16.6. The maximum Gasteiger partial charge on any atom is 0.329 e. The normalized spacial score (nSPS) is 19.3. The summed E-state index contributed by atoms with van der Waals surface area (Å²) < 4.78 is 6.73. The summed E-state index contributed by atoms with van der Waals surface area (Å²) in [4.78, 5) is 15.1. The number of carbonyl (C=O) groups is 1. The molecule has 0 amide bonds. The standard InChI is InChI=1S/C23H22BrNO2/c1-3-14-25(15-4-2)22-20(17-8-6-5-7-9-17)16-21(27-23(22)26)18-10-12-19(24)13-11-18/h3-13,16,20,22H,1-2,14-15H2/t20-,22-/m1/s1. The highest BCUT2D eigenvalue weighted by Gasteiger charge is 2.38. The highest BCUT2D eigenvalue weighted by atomic mass is 79.9. The Morgan fingerprint density at radius 3 is 2.22 bits per heavy atom. The van der Waals surface area contributed by atoms with Crippen LogP contribution < -0.4 is 0 Å². The van der Waals surface area contributed by atoms with Gasteiger partial charge in [-0.25, -0.2) is 4.79 Å². The third-order valence-corrected chi connectivity index (χ3v) is 5.09. The van der Waals surface area contributed by atoms with Gasteiger partial charge < -0.3 is 4.74 Å². The van der Waals surface area contributed by atoms with Crippen LogP contribution in [0.3, 0.4) is 0 Å². The smallest absolute Gasteiger partial charge is 0.329 e. The molecule has 0 aliphatic carbocycles. The lowest BCUT2D eigenvalue weighted by atomic mass is 9.87. The second kappa shape index (κ2) is 8.98. The van der Waals surface area contributed by atoms with Gasteiger partial charge in [0.1, 0.15) is 11.8 Å². The van der Waals surface area contributed by atoms with Crippen molar-refractivity contribution >= 4 is 27.7 Å². The van der Waals surface area contributed by atoms with E-state index in [-0.39, 0.29) is 11.9 Å². The molecule has 0 radical (unpaired) electrons. The Balaban J connectivity index is 2.06. The van der Waals surface area contributed by atoms with Crippen LogP contribution in [0.1, 0.15) is 17.0 Å². The van der Waals surface area contributed by atoms with E-state index in [1.807, 2.05) is 65.6 Å². The largest absolute Gasteiger partial charge is 0.425 e. The molecule has 27 heavy (non-hydrogen) atoms. The maximum absolute atomic E-state index is 13.0. The monoisotopic (exact) mass is 423 g/mol. The van der Waals surface area contributed by atoms with E-state index in [1.165, 1.54) is 0 Å². The first-order valence-corrected chi connectivity index (χ1v) is 9.63. The van der Waals surface area contributed by atoms with Gasteiger partial charge in [-0.1, -0.05) is 70.5 Å². The molecule has 0 spiro atoms. The van der Waals surface area contributed by atoms with Crippen molar-refractivity contribution in [1.29, 1.82) is 0 Å². The van der Waals surface area contributed by atoms with Crippen molar-refractivity contribution in [1.82, 2.24) is 4.90 Å². The molecule has 3 nitrogen and oxygen atoms in total. The van der Waals surface area contributed by atoms with Gasteiger partial charge >= 0.3 is 5.97 Å². The van der Waals surface area contributed by atoms with Crippen LogP contribution in [0.15, 0.2) is 90.5 Å². The first-order chi connectivity index (χ1) is 13.1. The molecule has 4 heteroatoms. The number of hydrogen-bond donors (Lipinski definition) is 0. The number of benzene rings is 2. The Hall–Kier alpha value is -2.43. The fourth-order valence-corrected chi connectivity index (χ4v) is 3.60. The molecule has 0 saturated carbocycles. The van der Waals surface area contributed by atoms with E-state index in [9.17, 15) is 4.79 Å². The predicted molar refractivity (Wildman–Crippen MR) is 113 cm³/mol. The Morgan fingerprint density at radius 1 is 1.00 bits per heavy atom. The van der Waals surface area contributed by atoms with E-state index < -0.39 is 6.04 Å². The third kappa shape index (κ3) is 4.46. The first kappa shape index (κ1) is 19.3. The van der Waals surface area contributed by atoms with Crippen LogP contribution in [0.25, 0.3) is 5.76 Å². The average Bonchev–Trinajstić information content (AvgIpc) is 2.68. The van der Waals surface area contributed by atoms with Crippen molar-refractivity contribution in [2.24, 2.45) is 0 Å². The minimum atomic E-state index is -0.428. The van der Waals surface area contributed by atoms with Crippen LogP contribution in [0.4, 0.5) is 0 Å². The van der Waals surface area contributed by atoms with E-state index >= 15 is 0 Å². The van der Waals surface area contributed by atoms with E-state index in [0.29, 0.717) is 18.8 Å². The molecule has 2 aromatic rings. The second-order valence-electron chi connectivity index (χ2n) is 6.37. The van der Waals surface area contributed by atoms with Crippen molar-refractivity contribution in [2.45, 2.75) is 12.0 Å². The summed E-state index contributed by atoms with van der Waals surface area (Å²) in [6.07, 6.45) is 5.64. The minimum absolute atomic E-state index is 0.119. The van der Waals surface area contributed by atoms with Crippen molar-refractivity contribution in [2.75, 3.05) is 13.1 Å². The molecule has 0 fully saturated rings.